The zero-order valence-electron chi connectivity index (χ0n) is 28.5. The summed E-state index contributed by atoms with van der Waals surface area (Å²) in [6.45, 7) is 5.84. The Hall–Kier alpha value is -1.89. The molecule has 7 heteroatoms. The summed E-state index contributed by atoms with van der Waals surface area (Å²) >= 11 is 0. The summed E-state index contributed by atoms with van der Waals surface area (Å²) in [5, 5.41) is 29.0. The Morgan fingerprint density at radius 3 is 1.16 bits per heavy atom. The van der Waals surface area contributed by atoms with Gasteiger partial charge < -0.3 is 24.6 Å². The molecular weight excluding hydrogens is 554 g/mol. The van der Waals surface area contributed by atoms with Gasteiger partial charge in [-0.1, -0.05) is 96.1 Å². The summed E-state index contributed by atoms with van der Waals surface area (Å²) in [7, 11) is 0. The molecule has 0 aliphatic rings. The van der Waals surface area contributed by atoms with Crippen LogP contribution in [0.3, 0.4) is 0 Å². The highest BCUT2D eigenvalue weighted by Crippen LogP contribution is 2.19. The second-order valence-corrected chi connectivity index (χ2v) is 13.1. The molecule has 0 atom stereocenters. The minimum Gasteiger partial charge on any atom is -0.550 e. The van der Waals surface area contributed by atoms with Crippen LogP contribution in [0.4, 0.5) is 0 Å². The Morgan fingerprint density at radius 2 is 0.795 bits per heavy atom. The van der Waals surface area contributed by atoms with Gasteiger partial charge in [-0.2, -0.15) is 0 Å². The Balaban J connectivity index is 4.29. The third kappa shape index (κ3) is 30.1. The zero-order valence-corrected chi connectivity index (χ0v) is 28.5. The van der Waals surface area contributed by atoms with E-state index in [9.17, 15) is 19.5 Å². The molecule has 0 aromatic heterocycles. The fourth-order valence-corrected chi connectivity index (χ4v) is 6.24. The molecule has 0 heterocycles. The van der Waals surface area contributed by atoms with Crippen LogP contribution in [-0.4, -0.2) is 58.8 Å². The van der Waals surface area contributed by atoms with E-state index in [2.05, 4.69) is 19.1 Å². The molecule has 7 nitrogen and oxygen atoms in total. The maximum atomic E-state index is 11.0. The molecule has 0 aromatic carbocycles. The van der Waals surface area contributed by atoms with Crippen molar-refractivity contribution in [3.8, 4) is 0 Å². The predicted octanol–water partition coefficient (Wildman–Crippen LogP) is 8.83. The maximum absolute atomic E-state index is 11.0. The van der Waals surface area contributed by atoms with Crippen LogP contribution in [0, 0.1) is 0 Å². The Labute approximate surface area is 270 Å². The summed E-state index contributed by atoms with van der Waals surface area (Å²) in [6, 6.07) is 0. The number of unbranched alkanes of at least 4 members (excludes halogenated alkanes) is 19. The van der Waals surface area contributed by atoms with Crippen molar-refractivity contribution in [2.75, 3.05) is 26.2 Å². The Kier molecular flexibility index (Phi) is 29.8. The van der Waals surface area contributed by atoms with Gasteiger partial charge in [0.1, 0.15) is 0 Å². The third-order valence-corrected chi connectivity index (χ3v) is 8.95. The fraction of sp³-hybridized carbons (Fsp3) is 0.865. The van der Waals surface area contributed by atoms with E-state index in [4.69, 9.17) is 10.2 Å². The molecule has 0 amide bonds. The van der Waals surface area contributed by atoms with E-state index in [0.29, 0.717) is 19.3 Å². The van der Waals surface area contributed by atoms with Gasteiger partial charge >= 0.3 is 11.9 Å². The molecular formula is C37H69NO6. The molecule has 0 saturated carbocycles. The van der Waals surface area contributed by atoms with Gasteiger partial charge in [0.2, 0.25) is 0 Å². The number of nitrogens with zero attached hydrogens (tertiary/aromatic N) is 1. The topological polar surface area (TPSA) is 115 Å². The number of hydrogen-bond acceptors (Lipinski definition) is 4. The number of carboxylic acid groups (broad SMARTS) is 3. The lowest BCUT2D eigenvalue weighted by molar-refractivity contribution is -0.929. The molecule has 258 valence electrons. The number of carboxylic acids is 3. The second kappa shape index (κ2) is 31.1. The zero-order chi connectivity index (χ0) is 32.6. The van der Waals surface area contributed by atoms with Crippen LogP contribution in [0.5, 0.6) is 0 Å². The van der Waals surface area contributed by atoms with Crippen molar-refractivity contribution in [1.82, 2.24) is 0 Å². The lowest BCUT2D eigenvalue weighted by Gasteiger charge is -2.39. The first-order valence-corrected chi connectivity index (χ1v) is 18.4. The number of aliphatic carboxylic acids is 3. The molecule has 0 fully saturated rings. The van der Waals surface area contributed by atoms with Gasteiger partial charge in [-0.05, 0) is 83.5 Å². The van der Waals surface area contributed by atoms with Gasteiger partial charge in [-0.3, -0.25) is 9.59 Å². The van der Waals surface area contributed by atoms with Crippen molar-refractivity contribution in [3.05, 3.63) is 12.2 Å². The summed E-state index contributed by atoms with van der Waals surface area (Å²) in [6.07, 6.45) is 33.0. The van der Waals surface area contributed by atoms with E-state index < -0.39 is 17.9 Å². The summed E-state index contributed by atoms with van der Waals surface area (Å²) in [5.74, 6) is -2.57. The minimum absolute atomic E-state index is 0.0592. The van der Waals surface area contributed by atoms with Crippen molar-refractivity contribution in [3.63, 3.8) is 0 Å². The number of hydrogen-bond donors (Lipinski definition) is 2. The van der Waals surface area contributed by atoms with Gasteiger partial charge in [0, 0.05) is 18.8 Å². The Morgan fingerprint density at radius 1 is 0.477 bits per heavy atom. The number of rotatable bonds is 35. The van der Waals surface area contributed by atoms with E-state index >= 15 is 0 Å². The second-order valence-electron chi connectivity index (χ2n) is 13.1. The SMILES string of the molecule is CCCCCCCCCCCCCCC/C=C/CCCCC[N+](CCCCC(=O)[O-])(CCCCC(=O)O)CCCCC(=O)O. The van der Waals surface area contributed by atoms with Crippen LogP contribution >= 0.6 is 0 Å². The molecule has 2 N–H and O–H groups in total. The standard InChI is InChI=1S/C37H69NO6/c1-2-3-4-5-6-7-8-9-10-11-12-13-14-15-16-17-18-19-20-24-31-38(32-25-21-28-35(39)40,33-26-22-29-36(41)42)34-27-23-30-37(43)44/h16-17H,2-15,18-34H2,1H3,(H2-,39,40,41,42,43,44)/b17-16+. The molecule has 0 bridgehead atoms. The third-order valence-electron chi connectivity index (χ3n) is 8.95. The lowest BCUT2D eigenvalue weighted by Crippen LogP contribution is -2.51. The van der Waals surface area contributed by atoms with Gasteiger partial charge in [-0.25, -0.2) is 0 Å². The number of quaternary nitrogens is 1. The van der Waals surface area contributed by atoms with Crippen LogP contribution in [0.2, 0.25) is 0 Å². The first-order chi connectivity index (χ1) is 21.3. The summed E-state index contributed by atoms with van der Waals surface area (Å²) in [4.78, 5) is 32.9. The highest BCUT2D eigenvalue weighted by atomic mass is 16.4. The van der Waals surface area contributed by atoms with Crippen LogP contribution in [0.15, 0.2) is 12.2 Å². The van der Waals surface area contributed by atoms with Crippen molar-refractivity contribution < 1.29 is 34.2 Å². The molecule has 0 aliphatic carbocycles. The van der Waals surface area contributed by atoms with Gasteiger partial charge in [0.05, 0.1) is 26.2 Å². The largest absolute Gasteiger partial charge is 0.550 e. The highest BCUT2D eigenvalue weighted by molar-refractivity contribution is 5.66. The quantitative estimate of drug-likeness (QED) is 0.0414. The molecule has 44 heavy (non-hydrogen) atoms. The van der Waals surface area contributed by atoms with Crippen LogP contribution in [0.1, 0.15) is 180 Å². The highest BCUT2D eigenvalue weighted by Gasteiger charge is 2.26. The van der Waals surface area contributed by atoms with Crippen molar-refractivity contribution in [2.24, 2.45) is 0 Å². The molecule has 0 rings (SSSR count). The molecule has 0 spiro atoms. The smallest absolute Gasteiger partial charge is 0.303 e. The van der Waals surface area contributed by atoms with Crippen molar-refractivity contribution in [2.45, 2.75) is 180 Å². The van der Waals surface area contributed by atoms with E-state index in [1.807, 2.05) is 0 Å². The average Bonchev–Trinajstić information content (AvgIpc) is 2.98. The van der Waals surface area contributed by atoms with E-state index in [0.717, 1.165) is 75.6 Å². The van der Waals surface area contributed by atoms with Crippen molar-refractivity contribution >= 4 is 17.9 Å². The van der Waals surface area contributed by atoms with E-state index in [1.54, 1.807) is 0 Å². The molecule has 0 unspecified atom stereocenters. The molecule has 0 saturated heterocycles. The number of carbonyl (C=O) groups excluding carboxylic acids is 1. The lowest BCUT2D eigenvalue weighted by atomic mass is 10.0. The average molecular weight is 624 g/mol. The van der Waals surface area contributed by atoms with Crippen LogP contribution < -0.4 is 5.11 Å². The first kappa shape index (κ1) is 42.1. The summed E-state index contributed by atoms with van der Waals surface area (Å²) in [5.41, 5.74) is 0. The van der Waals surface area contributed by atoms with E-state index in [1.165, 1.54) is 89.9 Å². The van der Waals surface area contributed by atoms with Gasteiger partial charge in [-0.15, -0.1) is 0 Å². The first-order valence-electron chi connectivity index (χ1n) is 18.4. The maximum Gasteiger partial charge on any atom is 0.303 e. The molecule has 0 aromatic rings. The Bertz CT molecular complexity index is 668. The fourth-order valence-electron chi connectivity index (χ4n) is 6.24. The van der Waals surface area contributed by atoms with Gasteiger partial charge in [0.15, 0.2) is 0 Å². The normalized spacial score (nSPS) is 11.8. The predicted molar refractivity (Wildman–Crippen MR) is 179 cm³/mol. The molecule has 0 aliphatic heterocycles. The number of carbonyl (C=O) groups is 3. The van der Waals surface area contributed by atoms with Crippen LogP contribution in [-0.2, 0) is 14.4 Å². The van der Waals surface area contributed by atoms with Crippen LogP contribution in [0.25, 0.3) is 0 Å². The monoisotopic (exact) mass is 624 g/mol. The van der Waals surface area contributed by atoms with Crippen molar-refractivity contribution in [1.29, 1.82) is 0 Å². The minimum atomic E-state index is -1.02. The van der Waals surface area contributed by atoms with E-state index in [-0.39, 0.29) is 19.3 Å². The molecule has 0 radical (unpaired) electrons. The number of allylic oxidation sites excluding steroid dienone is 2. The summed E-state index contributed by atoms with van der Waals surface area (Å²) < 4.78 is 0.834. The van der Waals surface area contributed by atoms with Gasteiger partial charge in [0.25, 0.3) is 0 Å².